The highest BCUT2D eigenvalue weighted by Crippen LogP contribution is 2.05. The van der Waals surface area contributed by atoms with Crippen LogP contribution in [0.1, 0.15) is 32.6 Å². The summed E-state index contributed by atoms with van der Waals surface area (Å²) in [6.07, 6.45) is 2.79. The largest absolute Gasteiger partial charge is 0.481 e. The predicted octanol–water partition coefficient (Wildman–Crippen LogP) is 1.40. The van der Waals surface area contributed by atoms with E-state index in [2.05, 4.69) is 26.0 Å². The molecule has 110 valence electrons. The van der Waals surface area contributed by atoms with Gasteiger partial charge in [0, 0.05) is 25.0 Å². The van der Waals surface area contributed by atoms with Crippen LogP contribution in [0, 0.1) is 0 Å². The van der Waals surface area contributed by atoms with E-state index in [9.17, 15) is 9.59 Å². The van der Waals surface area contributed by atoms with Crippen LogP contribution in [-0.2, 0) is 9.59 Å². The molecule has 0 aliphatic heterocycles. The molecule has 0 radical (unpaired) electrons. The van der Waals surface area contributed by atoms with Crippen molar-refractivity contribution in [1.82, 2.24) is 5.32 Å². The molecule has 0 spiro atoms. The van der Waals surface area contributed by atoms with Gasteiger partial charge >= 0.3 is 5.97 Å². The molecule has 0 saturated carbocycles. The molecule has 0 fully saturated rings. The van der Waals surface area contributed by atoms with Crippen LogP contribution >= 0.6 is 0 Å². The molecule has 0 rings (SSSR count). The number of quaternary nitrogens is 1. The van der Waals surface area contributed by atoms with Crippen LogP contribution in [0.5, 0.6) is 0 Å². The Bertz CT molecular complexity index is 325. The predicted molar refractivity (Wildman–Crippen MR) is 75.8 cm³/mol. The lowest BCUT2D eigenvalue weighted by Crippen LogP contribution is -2.42. The zero-order valence-corrected chi connectivity index (χ0v) is 12.4. The summed E-state index contributed by atoms with van der Waals surface area (Å²) in [6.45, 7) is 7.85. The van der Waals surface area contributed by atoms with Gasteiger partial charge in [0.1, 0.15) is 0 Å². The summed E-state index contributed by atoms with van der Waals surface area (Å²) in [5.74, 6) is -0.820. The van der Waals surface area contributed by atoms with Crippen LogP contribution in [0.3, 0.4) is 0 Å². The molecule has 0 aliphatic carbocycles. The second kappa shape index (κ2) is 8.69. The van der Waals surface area contributed by atoms with E-state index in [1.165, 1.54) is 0 Å². The Morgan fingerprint density at radius 2 is 1.74 bits per heavy atom. The molecule has 0 heterocycles. The van der Waals surface area contributed by atoms with E-state index in [-0.39, 0.29) is 12.3 Å². The van der Waals surface area contributed by atoms with Crippen molar-refractivity contribution in [3.63, 3.8) is 0 Å². The summed E-state index contributed by atoms with van der Waals surface area (Å²) in [5, 5.41) is 11.4. The fraction of sp³-hybridized carbons (Fsp3) is 0.714. The number of nitrogens with zero attached hydrogens (tertiary/aromatic N) is 1. The zero-order valence-electron chi connectivity index (χ0n) is 12.4. The number of hydrogen-bond donors (Lipinski definition) is 2. The van der Waals surface area contributed by atoms with Crippen LogP contribution in [0.25, 0.3) is 0 Å². The molecule has 0 aliphatic rings. The molecule has 0 aromatic rings. The van der Waals surface area contributed by atoms with Gasteiger partial charge in [-0.05, 0) is 19.8 Å². The number of aliphatic carboxylic acids is 1. The third-order valence-corrected chi connectivity index (χ3v) is 3.02. The third-order valence-electron chi connectivity index (χ3n) is 3.02. The monoisotopic (exact) mass is 271 g/mol. The number of rotatable bonds is 10. The standard InChI is InChI=1S/C14H26N2O3/c1-12(2)14(19)15-9-7-11-16(3,4)10-6-5-8-13(17)18/h1,5-11H2,2-4H3,(H-,15,17,18,19)/p+1. The minimum Gasteiger partial charge on any atom is -0.481 e. The van der Waals surface area contributed by atoms with Crippen LogP contribution in [0.4, 0.5) is 0 Å². The van der Waals surface area contributed by atoms with Crippen LogP contribution in [-0.4, -0.2) is 55.2 Å². The fourth-order valence-electron chi connectivity index (χ4n) is 1.79. The molecular formula is C14H27N2O3+. The lowest BCUT2D eigenvalue weighted by atomic mass is 10.2. The lowest BCUT2D eigenvalue weighted by molar-refractivity contribution is -0.890. The van der Waals surface area contributed by atoms with Gasteiger partial charge in [0.2, 0.25) is 5.91 Å². The average molecular weight is 271 g/mol. The summed E-state index contributed by atoms with van der Waals surface area (Å²) < 4.78 is 0.850. The highest BCUT2D eigenvalue weighted by molar-refractivity contribution is 5.91. The molecule has 1 amide bonds. The van der Waals surface area contributed by atoms with Gasteiger partial charge in [-0.15, -0.1) is 0 Å². The number of nitrogens with one attached hydrogen (secondary N) is 1. The van der Waals surface area contributed by atoms with Gasteiger partial charge in [-0.1, -0.05) is 6.58 Å². The normalized spacial score (nSPS) is 11.1. The van der Waals surface area contributed by atoms with Crippen molar-refractivity contribution < 1.29 is 19.2 Å². The fourth-order valence-corrected chi connectivity index (χ4v) is 1.79. The third kappa shape index (κ3) is 10.3. The molecule has 19 heavy (non-hydrogen) atoms. The van der Waals surface area contributed by atoms with Crippen LogP contribution in [0.2, 0.25) is 0 Å². The molecule has 2 N–H and O–H groups in total. The second-order valence-electron chi connectivity index (χ2n) is 5.62. The number of carbonyl (C=O) groups excluding carboxylic acids is 1. The van der Waals surface area contributed by atoms with Gasteiger partial charge in [-0.2, -0.15) is 0 Å². The first kappa shape index (κ1) is 17.6. The SMILES string of the molecule is C=C(C)C(=O)NCCC[N+](C)(C)CCCCC(=O)O. The zero-order chi connectivity index (χ0) is 14.9. The molecular weight excluding hydrogens is 244 g/mol. The number of hydrogen-bond acceptors (Lipinski definition) is 2. The van der Waals surface area contributed by atoms with Gasteiger partial charge < -0.3 is 14.9 Å². The lowest BCUT2D eigenvalue weighted by Gasteiger charge is -2.29. The summed E-state index contributed by atoms with van der Waals surface area (Å²) >= 11 is 0. The molecule has 0 atom stereocenters. The first-order valence-corrected chi connectivity index (χ1v) is 6.72. The van der Waals surface area contributed by atoms with Crippen molar-refractivity contribution in [1.29, 1.82) is 0 Å². The molecule has 5 heteroatoms. The number of carboxylic acids is 1. The van der Waals surface area contributed by atoms with Gasteiger partial charge in [0.15, 0.2) is 0 Å². The van der Waals surface area contributed by atoms with E-state index in [0.29, 0.717) is 12.1 Å². The van der Waals surface area contributed by atoms with Gasteiger partial charge in [0.25, 0.3) is 0 Å². The van der Waals surface area contributed by atoms with Gasteiger partial charge in [-0.25, -0.2) is 0 Å². The topological polar surface area (TPSA) is 66.4 Å². The molecule has 0 saturated heterocycles. The molecule has 0 aromatic carbocycles. The van der Waals surface area contributed by atoms with Crippen molar-refractivity contribution in [2.45, 2.75) is 32.6 Å². The Morgan fingerprint density at radius 3 is 2.26 bits per heavy atom. The molecule has 0 aromatic heterocycles. The Kier molecular flexibility index (Phi) is 8.07. The summed E-state index contributed by atoms with van der Waals surface area (Å²) in [5.41, 5.74) is 0.530. The number of unbranched alkanes of at least 4 members (excludes halogenated alkanes) is 1. The smallest absolute Gasteiger partial charge is 0.303 e. The minimum absolute atomic E-state index is 0.0910. The number of carbonyl (C=O) groups is 2. The molecule has 0 unspecified atom stereocenters. The minimum atomic E-state index is -0.729. The maximum absolute atomic E-state index is 11.3. The van der Waals surface area contributed by atoms with E-state index in [1.807, 2.05) is 0 Å². The van der Waals surface area contributed by atoms with Crippen molar-refractivity contribution in [2.24, 2.45) is 0 Å². The molecule has 5 nitrogen and oxygen atoms in total. The Morgan fingerprint density at radius 1 is 1.16 bits per heavy atom. The Labute approximate surface area is 115 Å². The highest BCUT2D eigenvalue weighted by Gasteiger charge is 2.14. The van der Waals surface area contributed by atoms with E-state index in [4.69, 9.17) is 5.11 Å². The highest BCUT2D eigenvalue weighted by atomic mass is 16.4. The molecule has 0 bridgehead atoms. The van der Waals surface area contributed by atoms with Crippen molar-refractivity contribution >= 4 is 11.9 Å². The van der Waals surface area contributed by atoms with Crippen LogP contribution in [0.15, 0.2) is 12.2 Å². The van der Waals surface area contributed by atoms with Crippen molar-refractivity contribution in [2.75, 3.05) is 33.7 Å². The van der Waals surface area contributed by atoms with E-state index >= 15 is 0 Å². The van der Waals surface area contributed by atoms with Crippen molar-refractivity contribution in [3.05, 3.63) is 12.2 Å². The van der Waals surface area contributed by atoms with E-state index in [1.54, 1.807) is 6.92 Å². The average Bonchev–Trinajstić information content (AvgIpc) is 2.29. The summed E-state index contributed by atoms with van der Waals surface area (Å²) in [6, 6.07) is 0. The van der Waals surface area contributed by atoms with Crippen molar-refractivity contribution in [3.8, 4) is 0 Å². The van der Waals surface area contributed by atoms with Gasteiger partial charge in [-0.3, -0.25) is 9.59 Å². The summed E-state index contributed by atoms with van der Waals surface area (Å²) in [4.78, 5) is 21.7. The van der Waals surface area contributed by atoms with Crippen LogP contribution < -0.4 is 5.32 Å². The maximum Gasteiger partial charge on any atom is 0.303 e. The van der Waals surface area contributed by atoms with Gasteiger partial charge in [0.05, 0.1) is 27.2 Å². The Hall–Kier alpha value is -1.36. The van der Waals surface area contributed by atoms with E-state index < -0.39 is 5.97 Å². The first-order chi connectivity index (χ1) is 8.74. The first-order valence-electron chi connectivity index (χ1n) is 6.72. The second-order valence-corrected chi connectivity index (χ2v) is 5.62. The maximum atomic E-state index is 11.3. The number of carboxylic acid groups (broad SMARTS) is 1. The Balaban J connectivity index is 3.69. The quantitative estimate of drug-likeness (QED) is 0.358. The van der Waals surface area contributed by atoms with E-state index in [0.717, 1.165) is 36.8 Å². The summed E-state index contributed by atoms with van der Waals surface area (Å²) in [7, 11) is 4.25. The number of amides is 1.